The van der Waals surface area contributed by atoms with Crippen LogP contribution in [-0.2, 0) is 6.42 Å². The first-order chi connectivity index (χ1) is 7.63. The van der Waals surface area contributed by atoms with Gasteiger partial charge in [-0.3, -0.25) is 0 Å². The Kier molecular flexibility index (Phi) is 5.33. The quantitative estimate of drug-likeness (QED) is 0.797. The van der Waals surface area contributed by atoms with Gasteiger partial charge in [0, 0.05) is 6.04 Å². The van der Waals surface area contributed by atoms with Crippen LogP contribution in [0.25, 0.3) is 0 Å². The zero-order chi connectivity index (χ0) is 12.0. The SMILES string of the molecule is COc1cccc(CCNC(C)C(C)C)c1. The normalized spacial score (nSPS) is 12.8. The molecule has 1 N–H and O–H groups in total. The van der Waals surface area contributed by atoms with E-state index in [-0.39, 0.29) is 0 Å². The van der Waals surface area contributed by atoms with Gasteiger partial charge in [-0.05, 0) is 43.5 Å². The van der Waals surface area contributed by atoms with E-state index in [9.17, 15) is 0 Å². The minimum Gasteiger partial charge on any atom is -0.497 e. The van der Waals surface area contributed by atoms with Gasteiger partial charge in [0.2, 0.25) is 0 Å². The third kappa shape index (κ3) is 4.23. The lowest BCUT2D eigenvalue weighted by Crippen LogP contribution is -2.32. The summed E-state index contributed by atoms with van der Waals surface area (Å²) in [6.45, 7) is 7.73. The zero-order valence-electron chi connectivity index (χ0n) is 10.8. The Hall–Kier alpha value is -1.02. The summed E-state index contributed by atoms with van der Waals surface area (Å²) in [6.07, 6.45) is 1.05. The Morgan fingerprint density at radius 2 is 2.00 bits per heavy atom. The lowest BCUT2D eigenvalue weighted by atomic mass is 10.1. The van der Waals surface area contributed by atoms with Crippen LogP contribution in [0.1, 0.15) is 26.3 Å². The van der Waals surface area contributed by atoms with Crippen LogP contribution in [-0.4, -0.2) is 19.7 Å². The molecule has 0 amide bonds. The Bertz CT molecular complexity index is 309. The van der Waals surface area contributed by atoms with Crippen LogP contribution in [0.3, 0.4) is 0 Å². The molecule has 16 heavy (non-hydrogen) atoms. The average molecular weight is 221 g/mol. The molecule has 0 saturated carbocycles. The Balaban J connectivity index is 2.37. The summed E-state index contributed by atoms with van der Waals surface area (Å²) in [7, 11) is 1.71. The molecule has 0 aromatic heterocycles. The molecule has 1 unspecified atom stereocenters. The topological polar surface area (TPSA) is 21.3 Å². The predicted octanol–water partition coefficient (Wildman–Crippen LogP) is 2.87. The molecule has 0 fully saturated rings. The van der Waals surface area contributed by atoms with Crippen LogP contribution in [0.15, 0.2) is 24.3 Å². The number of nitrogens with one attached hydrogen (secondary N) is 1. The van der Waals surface area contributed by atoms with E-state index >= 15 is 0 Å². The highest BCUT2D eigenvalue weighted by molar-refractivity contribution is 5.28. The molecule has 0 radical (unpaired) electrons. The molecule has 2 heteroatoms. The molecule has 90 valence electrons. The number of methoxy groups -OCH3 is 1. The maximum absolute atomic E-state index is 5.20. The molecule has 1 rings (SSSR count). The summed E-state index contributed by atoms with van der Waals surface area (Å²) in [5, 5.41) is 3.53. The first-order valence-electron chi connectivity index (χ1n) is 5.99. The van der Waals surface area contributed by atoms with E-state index in [0.29, 0.717) is 12.0 Å². The van der Waals surface area contributed by atoms with Crippen molar-refractivity contribution in [1.29, 1.82) is 0 Å². The first kappa shape index (κ1) is 13.0. The van der Waals surface area contributed by atoms with Crippen molar-refractivity contribution in [3.05, 3.63) is 29.8 Å². The Morgan fingerprint density at radius 3 is 2.62 bits per heavy atom. The second-order valence-corrected chi connectivity index (χ2v) is 4.59. The maximum atomic E-state index is 5.20. The summed E-state index contributed by atoms with van der Waals surface area (Å²) < 4.78 is 5.20. The van der Waals surface area contributed by atoms with E-state index in [1.165, 1.54) is 5.56 Å². The second-order valence-electron chi connectivity index (χ2n) is 4.59. The highest BCUT2D eigenvalue weighted by Gasteiger charge is 2.05. The highest BCUT2D eigenvalue weighted by atomic mass is 16.5. The number of hydrogen-bond donors (Lipinski definition) is 1. The molecular weight excluding hydrogens is 198 g/mol. The van der Waals surface area contributed by atoms with E-state index < -0.39 is 0 Å². The lowest BCUT2D eigenvalue weighted by Gasteiger charge is -2.17. The Labute approximate surface area is 99.0 Å². The fourth-order valence-corrected chi connectivity index (χ4v) is 1.51. The molecule has 1 atom stereocenters. The monoisotopic (exact) mass is 221 g/mol. The van der Waals surface area contributed by atoms with Crippen molar-refractivity contribution >= 4 is 0 Å². The van der Waals surface area contributed by atoms with Gasteiger partial charge in [-0.15, -0.1) is 0 Å². The molecule has 0 aliphatic carbocycles. The van der Waals surface area contributed by atoms with Gasteiger partial charge in [-0.25, -0.2) is 0 Å². The first-order valence-corrected chi connectivity index (χ1v) is 5.99. The van der Waals surface area contributed by atoms with Gasteiger partial charge in [-0.2, -0.15) is 0 Å². The van der Waals surface area contributed by atoms with Gasteiger partial charge in [0.1, 0.15) is 5.75 Å². The third-order valence-corrected chi connectivity index (χ3v) is 3.01. The van der Waals surface area contributed by atoms with Crippen LogP contribution in [0, 0.1) is 5.92 Å². The van der Waals surface area contributed by atoms with Crippen LogP contribution in [0.5, 0.6) is 5.75 Å². The third-order valence-electron chi connectivity index (χ3n) is 3.01. The van der Waals surface area contributed by atoms with Gasteiger partial charge < -0.3 is 10.1 Å². The Morgan fingerprint density at radius 1 is 1.25 bits per heavy atom. The smallest absolute Gasteiger partial charge is 0.119 e. The minimum atomic E-state index is 0.575. The predicted molar refractivity (Wildman–Crippen MR) is 69.0 cm³/mol. The number of hydrogen-bond acceptors (Lipinski definition) is 2. The van der Waals surface area contributed by atoms with Crippen molar-refractivity contribution in [1.82, 2.24) is 5.32 Å². The van der Waals surface area contributed by atoms with Crippen LogP contribution in [0.4, 0.5) is 0 Å². The average Bonchev–Trinajstić information content (AvgIpc) is 2.29. The molecule has 1 aromatic rings. The molecule has 0 aliphatic heterocycles. The largest absolute Gasteiger partial charge is 0.497 e. The van der Waals surface area contributed by atoms with Crippen molar-refractivity contribution < 1.29 is 4.74 Å². The molecule has 0 bridgehead atoms. The van der Waals surface area contributed by atoms with Crippen molar-refractivity contribution in [2.45, 2.75) is 33.2 Å². The fraction of sp³-hybridized carbons (Fsp3) is 0.571. The molecule has 1 aromatic carbocycles. The van der Waals surface area contributed by atoms with Gasteiger partial charge in [-0.1, -0.05) is 26.0 Å². The zero-order valence-corrected chi connectivity index (χ0v) is 10.8. The van der Waals surface area contributed by atoms with Crippen LogP contribution < -0.4 is 10.1 Å². The van der Waals surface area contributed by atoms with Gasteiger partial charge >= 0.3 is 0 Å². The summed E-state index contributed by atoms with van der Waals surface area (Å²) in [4.78, 5) is 0. The van der Waals surface area contributed by atoms with Crippen LogP contribution >= 0.6 is 0 Å². The van der Waals surface area contributed by atoms with Crippen LogP contribution in [0.2, 0.25) is 0 Å². The second kappa shape index (κ2) is 6.54. The lowest BCUT2D eigenvalue weighted by molar-refractivity contribution is 0.413. The molecule has 2 nitrogen and oxygen atoms in total. The summed E-state index contributed by atoms with van der Waals surface area (Å²) >= 11 is 0. The van der Waals surface area contributed by atoms with Crippen molar-refractivity contribution in [3.8, 4) is 5.75 Å². The maximum Gasteiger partial charge on any atom is 0.119 e. The summed E-state index contributed by atoms with van der Waals surface area (Å²) in [5.41, 5.74) is 1.32. The molecule has 0 saturated heterocycles. The van der Waals surface area contributed by atoms with E-state index in [4.69, 9.17) is 4.74 Å². The number of rotatable bonds is 6. The van der Waals surface area contributed by atoms with E-state index in [0.717, 1.165) is 18.7 Å². The number of ether oxygens (including phenoxy) is 1. The van der Waals surface area contributed by atoms with Crippen molar-refractivity contribution in [2.75, 3.05) is 13.7 Å². The molecule has 0 spiro atoms. The van der Waals surface area contributed by atoms with Crippen molar-refractivity contribution in [3.63, 3.8) is 0 Å². The minimum absolute atomic E-state index is 0.575. The standard InChI is InChI=1S/C14H23NO/c1-11(2)12(3)15-9-8-13-6-5-7-14(10-13)16-4/h5-7,10-12,15H,8-9H2,1-4H3. The van der Waals surface area contributed by atoms with Gasteiger partial charge in [0.25, 0.3) is 0 Å². The van der Waals surface area contributed by atoms with E-state index in [1.54, 1.807) is 7.11 Å². The van der Waals surface area contributed by atoms with E-state index in [2.05, 4.69) is 38.2 Å². The summed E-state index contributed by atoms with van der Waals surface area (Å²) in [5.74, 6) is 1.62. The van der Waals surface area contributed by atoms with Gasteiger partial charge in [0.15, 0.2) is 0 Å². The molecule has 0 heterocycles. The van der Waals surface area contributed by atoms with E-state index in [1.807, 2.05) is 12.1 Å². The fourth-order valence-electron chi connectivity index (χ4n) is 1.51. The molecule has 0 aliphatic rings. The summed E-state index contributed by atoms with van der Waals surface area (Å²) in [6, 6.07) is 8.84. The molecular formula is C14H23NO. The van der Waals surface area contributed by atoms with Crippen molar-refractivity contribution in [2.24, 2.45) is 5.92 Å². The number of benzene rings is 1. The highest BCUT2D eigenvalue weighted by Crippen LogP contribution is 2.12. The van der Waals surface area contributed by atoms with Gasteiger partial charge in [0.05, 0.1) is 7.11 Å².